The highest BCUT2D eigenvalue weighted by Crippen LogP contribution is 2.23. The summed E-state index contributed by atoms with van der Waals surface area (Å²) in [5, 5.41) is 11.4. The lowest BCUT2D eigenvalue weighted by Crippen LogP contribution is -2.23. The highest BCUT2D eigenvalue weighted by atomic mass is 16.5. The standard InChI is InChI=1S/C31H30N6O5/c1-5-28(38)35-22-7-6-8-23(14-22)37-31-33-17-24(18-34-31)36-30(40)27-11-20(10-9-19(27)2)16-32-29(39)21-12-25(41-3)15-26(13-21)42-4/h5-15,17-18H,1,16H2,2-4H3,(H,32,39)(H,35,38)(H,36,40)(H,33,34,37). The molecule has 11 nitrogen and oxygen atoms in total. The molecule has 0 saturated carbocycles. The molecule has 1 heterocycles. The smallest absolute Gasteiger partial charge is 0.256 e. The number of hydrogen-bond donors (Lipinski definition) is 4. The SMILES string of the molecule is C=CC(=O)Nc1cccc(Nc2ncc(NC(=O)c3cc(CNC(=O)c4cc(OC)cc(OC)c4)ccc3C)cn2)c1. The fraction of sp³-hybridized carbons (Fsp3) is 0.129. The van der Waals surface area contributed by atoms with Crippen LogP contribution in [0.5, 0.6) is 11.5 Å². The first kappa shape index (κ1) is 29.3. The van der Waals surface area contributed by atoms with Gasteiger partial charge in [-0.05, 0) is 60.5 Å². The zero-order chi connectivity index (χ0) is 30.1. The normalized spacial score (nSPS) is 10.3. The van der Waals surface area contributed by atoms with Crippen molar-refractivity contribution < 1.29 is 23.9 Å². The van der Waals surface area contributed by atoms with Gasteiger partial charge < -0.3 is 30.7 Å². The molecule has 0 radical (unpaired) electrons. The van der Waals surface area contributed by atoms with Crippen LogP contribution in [0.4, 0.5) is 23.0 Å². The first-order valence-corrected chi connectivity index (χ1v) is 12.8. The van der Waals surface area contributed by atoms with E-state index in [0.717, 1.165) is 11.1 Å². The number of amides is 3. The van der Waals surface area contributed by atoms with E-state index in [9.17, 15) is 14.4 Å². The van der Waals surface area contributed by atoms with Gasteiger partial charge in [0, 0.05) is 35.1 Å². The number of anilines is 4. The van der Waals surface area contributed by atoms with Gasteiger partial charge in [0.2, 0.25) is 11.9 Å². The highest BCUT2D eigenvalue weighted by molar-refractivity contribution is 6.05. The summed E-state index contributed by atoms with van der Waals surface area (Å²) in [6, 6.07) is 17.4. The molecule has 4 N–H and O–H groups in total. The summed E-state index contributed by atoms with van der Waals surface area (Å²) in [4.78, 5) is 45.9. The Bertz CT molecular complexity index is 1600. The Kier molecular flexibility index (Phi) is 9.46. The van der Waals surface area contributed by atoms with Crippen molar-refractivity contribution in [3.63, 3.8) is 0 Å². The highest BCUT2D eigenvalue weighted by Gasteiger charge is 2.14. The third-order valence-electron chi connectivity index (χ3n) is 6.09. The fourth-order valence-electron chi connectivity index (χ4n) is 3.90. The quantitative estimate of drug-likeness (QED) is 0.189. The van der Waals surface area contributed by atoms with Gasteiger partial charge in [0.05, 0.1) is 32.3 Å². The van der Waals surface area contributed by atoms with Gasteiger partial charge in [0.15, 0.2) is 0 Å². The second-order valence-corrected chi connectivity index (χ2v) is 9.08. The van der Waals surface area contributed by atoms with E-state index in [1.54, 1.807) is 48.5 Å². The molecule has 1 aromatic heterocycles. The van der Waals surface area contributed by atoms with E-state index in [1.165, 1.54) is 32.7 Å². The Hall–Kier alpha value is -5.71. The molecule has 0 aliphatic carbocycles. The molecule has 0 saturated heterocycles. The molecule has 4 aromatic rings. The van der Waals surface area contributed by atoms with Crippen LogP contribution in [0.15, 0.2) is 85.7 Å². The second-order valence-electron chi connectivity index (χ2n) is 9.08. The first-order chi connectivity index (χ1) is 20.3. The van der Waals surface area contributed by atoms with E-state index >= 15 is 0 Å². The van der Waals surface area contributed by atoms with Crippen LogP contribution in [0.25, 0.3) is 0 Å². The maximum atomic E-state index is 13.1. The summed E-state index contributed by atoms with van der Waals surface area (Å²) in [5.41, 5.74) is 4.01. The van der Waals surface area contributed by atoms with Crippen molar-refractivity contribution >= 4 is 40.7 Å². The van der Waals surface area contributed by atoms with E-state index < -0.39 is 0 Å². The lowest BCUT2D eigenvalue weighted by molar-refractivity contribution is -0.111. The van der Waals surface area contributed by atoms with Crippen LogP contribution < -0.4 is 30.7 Å². The average Bonchev–Trinajstić information content (AvgIpc) is 3.01. The maximum absolute atomic E-state index is 13.1. The van der Waals surface area contributed by atoms with Crippen molar-refractivity contribution in [1.82, 2.24) is 15.3 Å². The molecule has 3 aromatic carbocycles. The van der Waals surface area contributed by atoms with Crippen molar-refractivity contribution in [1.29, 1.82) is 0 Å². The molecular formula is C31H30N6O5. The van der Waals surface area contributed by atoms with E-state index in [4.69, 9.17) is 9.47 Å². The first-order valence-electron chi connectivity index (χ1n) is 12.8. The van der Waals surface area contributed by atoms with Crippen LogP contribution in [0, 0.1) is 6.92 Å². The maximum Gasteiger partial charge on any atom is 0.256 e. The second kappa shape index (κ2) is 13.6. The average molecular weight is 567 g/mol. The zero-order valence-corrected chi connectivity index (χ0v) is 23.4. The van der Waals surface area contributed by atoms with Crippen molar-refractivity contribution in [2.75, 3.05) is 30.2 Å². The molecule has 0 atom stereocenters. The molecule has 42 heavy (non-hydrogen) atoms. The summed E-state index contributed by atoms with van der Waals surface area (Å²) in [5.74, 6) is 0.354. The van der Waals surface area contributed by atoms with Gasteiger partial charge >= 0.3 is 0 Å². The van der Waals surface area contributed by atoms with Crippen LogP contribution in [-0.2, 0) is 11.3 Å². The Morgan fingerprint density at radius 3 is 2.19 bits per heavy atom. The van der Waals surface area contributed by atoms with Crippen LogP contribution in [0.2, 0.25) is 0 Å². The third-order valence-corrected chi connectivity index (χ3v) is 6.09. The number of ether oxygens (including phenoxy) is 2. The molecule has 4 rings (SSSR count). The predicted molar refractivity (Wildman–Crippen MR) is 160 cm³/mol. The summed E-state index contributed by atoms with van der Waals surface area (Å²) in [7, 11) is 3.03. The number of aryl methyl sites for hydroxylation is 1. The minimum Gasteiger partial charge on any atom is -0.497 e. The van der Waals surface area contributed by atoms with Crippen LogP contribution in [0.3, 0.4) is 0 Å². The van der Waals surface area contributed by atoms with Crippen molar-refractivity contribution in [2.24, 2.45) is 0 Å². The van der Waals surface area contributed by atoms with E-state index in [1.807, 2.05) is 19.1 Å². The van der Waals surface area contributed by atoms with Gasteiger partial charge in [-0.2, -0.15) is 0 Å². The molecule has 11 heteroatoms. The molecular weight excluding hydrogens is 536 g/mol. The molecule has 3 amide bonds. The zero-order valence-electron chi connectivity index (χ0n) is 23.4. The van der Waals surface area contributed by atoms with Gasteiger partial charge in [-0.1, -0.05) is 24.8 Å². The fourth-order valence-corrected chi connectivity index (χ4v) is 3.90. The monoisotopic (exact) mass is 566 g/mol. The van der Waals surface area contributed by atoms with Crippen molar-refractivity contribution in [3.8, 4) is 11.5 Å². The summed E-state index contributed by atoms with van der Waals surface area (Å²) in [6.45, 7) is 5.48. The Morgan fingerprint density at radius 2 is 1.52 bits per heavy atom. The van der Waals surface area contributed by atoms with Crippen LogP contribution in [-0.4, -0.2) is 41.9 Å². The number of carbonyl (C=O) groups excluding carboxylic acids is 3. The van der Waals surface area contributed by atoms with E-state index in [-0.39, 0.29) is 24.3 Å². The lowest BCUT2D eigenvalue weighted by atomic mass is 10.0. The number of rotatable bonds is 11. The molecule has 0 aliphatic rings. The molecule has 214 valence electrons. The van der Waals surface area contributed by atoms with Gasteiger partial charge in [-0.15, -0.1) is 0 Å². The number of nitrogens with one attached hydrogen (secondary N) is 4. The largest absolute Gasteiger partial charge is 0.497 e. The summed E-state index contributed by atoms with van der Waals surface area (Å²) in [6.07, 6.45) is 4.16. The topological polar surface area (TPSA) is 144 Å². The van der Waals surface area contributed by atoms with Gasteiger partial charge in [-0.3, -0.25) is 14.4 Å². The minimum absolute atomic E-state index is 0.209. The number of benzene rings is 3. The molecule has 0 fully saturated rings. The third kappa shape index (κ3) is 7.69. The summed E-state index contributed by atoms with van der Waals surface area (Å²) >= 11 is 0. The van der Waals surface area contributed by atoms with Gasteiger partial charge in [0.25, 0.3) is 11.8 Å². The molecule has 0 spiro atoms. The van der Waals surface area contributed by atoms with Gasteiger partial charge in [0.1, 0.15) is 11.5 Å². The minimum atomic E-state index is -0.340. The number of methoxy groups -OCH3 is 2. The molecule has 0 bridgehead atoms. The number of nitrogens with zero attached hydrogens (tertiary/aromatic N) is 2. The van der Waals surface area contributed by atoms with E-state index in [2.05, 4.69) is 37.8 Å². The number of aromatic nitrogens is 2. The summed E-state index contributed by atoms with van der Waals surface area (Å²) < 4.78 is 10.5. The number of carbonyl (C=O) groups is 3. The Labute approximate surface area is 243 Å². The molecule has 0 unspecified atom stereocenters. The van der Waals surface area contributed by atoms with Crippen LogP contribution >= 0.6 is 0 Å². The van der Waals surface area contributed by atoms with Crippen molar-refractivity contribution in [2.45, 2.75) is 13.5 Å². The Morgan fingerprint density at radius 1 is 0.833 bits per heavy atom. The van der Waals surface area contributed by atoms with E-state index in [0.29, 0.717) is 45.6 Å². The predicted octanol–water partition coefficient (Wildman–Crippen LogP) is 4.85. The van der Waals surface area contributed by atoms with Crippen LogP contribution in [0.1, 0.15) is 31.8 Å². The number of hydrogen-bond acceptors (Lipinski definition) is 8. The van der Waals surface area contributed by atoms with Gasteiger partial charge in [-0.25, -0.2) is 9.97 Å². The molecule has 0 aliphatic heterocycles. The lowest BCUT2D eigenvalue weighted by Gasteiger charge is -2.12. The van der Waals surface area contributed by atoms with Crippen molar-refractivity contribution in [3.05, 3.63) is 108 Å². The Balaban J connectivity index is 1.38.